The maximum absolute atomic E-state index is 11.7. The molecule has 0 aromatic heterocycles. The van der Waals surface area contributed by atoms with Crippen LogP contribution in [0.4, 0.5) is 0 Å². The van der Waals surface area contributed by atoms with E-state index in [-0.39, 0.29) is 22.7 Å². The standard InChI is InChI=1S/C13H22O2/c1-12(2,3)10(14)8-7-9-11(15-9)13(4,5)6/h7,11H,8H2,1-6H3/t11-/m1/s1. The summed E-state index contributed by atoms with van der Waals surface area (Å²) in [6.07, 6.45) is 2.64. The molecule has 0 unspecified atom stereocenters. The predicted molar refractivity (Wildman–Crippen MR) is 61.5 cm³/mol. The molecular weight excluding hydrogens is 188 g/mol. The molecule has 1 fully saturated rings. The van der Waals surface area contributed by atoms with Crippen LogP contribution in [0.1, 0.15) is 48.0 Å². The third-order valence-corrected chi connectivity index (χ3v) is 2.57. The highest BCUT2D eigenvalue weighted by Crippen LogP contribution is 2.41. The Morgan fingerprint density at radius 3 is 2.13 bits per heavy atom. The zero-order valence-corrected chi connectivity index (χ0v) is 10.7. The van der Waals surface area contributed by atoms with Gasteiger partial charge >= 0.3 is 0 Å². The van der Waals surface area contributed by atoms with E-state index in [1.807, 2.05) is 26.8 Å². The van der Waals surface area contributed by atoms with E-state index in [1.54, 1.807) is 0 Å². The number of ketones is 1. The first-order valence-corrected chi connectivity index (χ1v) is 5.52. The van der Waals surface area contributed by atoms with Crippen LogP contribution in [0, 0.1) is 10.8 Å². The lowest BCUT2D eigenvalue weighted by molar-refractivity contribution is -0.125. The number of carbonyl (C=O) groups is 1. The second kappa shape index (κ2) is 3.66. The summed E-state index contributed by atoms with van der Waals surface area (Å²) >= 11 is 0. The van der Waals surface area contributed by atoms with E-state index in [0.29, 0.717) is 6.42 Å². The first-order chi connectivity index (χ1) is 6.62. The molecule has 1 aliphatic heterocycles. The van der Waals surface area contributed by atoms with Crippen molar-refractivity contribution in [3.63, 3.8) is 0 Å². The van der Waals surface area contributed by atoms with E-state index >= 15 is 0 Å². The first kappa shape index (κ1) is 12.3. The van der Waals surface area contributed by atoms with Crippen LogP contribution in [0.2, 0.25) is 0 Å². The third kappa shape index (κ3) is 3.37. The largest absolute Gasteiger partial charge is 0.483 e. The molecule has 0 N–H and O–H groups in total. The van der Waals surface area contributed by atoms with Crippen LogP contribution in [-0.2, 0) is 9.53 Å². The summed E-state index contributed by atoms with van der Waals surface area (Å²) in [4.78, 5) is 11.7. The fourth-order valence-electron chi connectivity index (χ4n) is 1.36. The quantitative estimate of drug-likeness (QED) is 0.654. The van der Waals surface area contributed by atoms with Crippen molar-refractivity contribution in [2.45, 2.75) is 54.1 Å². The summed E-state index contributed by atoms with van der Waals surface area (Å²) in [7, 11) is 0. The fourth-order valence-corrected chi connectivity index (χ4v) is 1.36. The Morgan fingerprint density at radius 1 is 1.27 bits per heavy atom. The molecule has 15 heavy (non-hydrogen) atoms. The van der Waals surface area contributed by atoms with Crippen molar-refractivity contribution in [2.75, 3.05) is 0 Å². The zero-order valence-electron chi connectivity index (χ0n) is 10.7. The molecule has 2 heteroatoms. The average molecular weight is 210 g/mol. The molecule has 2 nitrogen and oxygen atoms in total. The molecule has 0 bridgehead atoms. The SMILES string of the molecule is CC(C)(C)C(=O)CC=C1O[C@H]1C(C)(C)C. The number of rotatable bonds is 2. The zero-order chi connectivity index (χ0) is 11.9. The molecule has 0 radical (unpaired) electrons. The van der Waals surface area contributed by atoms with Crippen molar-refractivity contribution < 1.29 is 9.53 Å². The number of ether oxygens (including phenoxy) is 1. The molecule has 1 saturated heterocycles. The fraction of sp³-hybridized carbons (Fsp3) is 0.769. The van der Waals surface area contributed by atoms with Gasteiger partial charge in [0.25, 0.3) is 0 Å². The van der Waals surface area contributed by atoms with Gasteiger partial charge in [-0.1, -0.05) is 41.5 Å². The van der Waals surface area contributed by atoms with Crippen molar-refractivity contribution in [1.82, 2.24) is 0 Å². The van der Waals surface area contributed by atoms with E-state index in [2.05, 4.69) is 20.8 Å². The van der Waals surface area contributed by atoms with Crippen LogP contribution >= 0.6 is 0 Å². The van der Waals surface area contributed by atoms with E-state index in [1.165, 1.54) is 0 Å². The van der Waals surface area contributed by atoms with Gasteiger partial charge in [0.05, 0.1) is 0 Å². The van der Waals surface area contributed by atoms with Crippen molar-refractivity contribution in [3.8, 4) is 0 Å². The highest BCUT2D eigenvalue weighted by Gasteiger charge is 2.43. The molecule has 1 rings (SSSR count). The monoisotopic (exact) mass is 210 g/mol. The minimum atomic E-state index is -0.247. The lowest BCUT2D eigenvalue weighted by atomic mass is 9.88. The van der Waals surface area contributed by atoms with Crippen LogP contribution in [-0.4, -0.2) is 11.9 Å². The molecule has 0 amide bonds. The molecule has 0 aliphatic carbocycles. The Kier molecular flexibility index (Phi) is 2.99. The van der Waals surface area contributed by atoms with Gasteiger partial charge in [-0.25, -0.2) is 0 Å². The number of epoxide rings is 1. The highest BCUT2D eigenvalue weighted by atomic mass is 16.6. The Bertz CT molecular complexity index is 287. The van der Waals surface area contributed by atoms with Gasteiger partial charge in [0.2, 0.25) is 0 Å². The number of hydrogen-bond donors (Lipinski definition) is 0. The maximum atomic E-state index is 11.7. The third-order valence-electron chi connectivity index (χ3n) is 2.57. The van der Waals surface area contributed by atoms with Gasteiger partial charge in [-0.05, 0) is 6.08 Å². The Labute approximate surface area is 92.7 Å². The molecule has 0 aromatic rings. The summed E-state index contributed by atoms with van der Waals surface area (Å²) in [6.45, 7) is 12.3. The van der Waals surface area contributed by atoms with Crippen molar-refractivity contribution in [1.29, 1.82) is 0 Å². The van der Waals surface area contributed by atoms with Gasteiger partial charge in [0, 0.05) is 17.3 Å². The topological polar surface area (TPSA) is 29.6 Å². The van der Waals surface area contributed by atoms with Crippen molar-refractivity contribution in [3.05, 3.63) is 11.8 Å². The Balaban J connectivity index is 2.47. The average Bonchev–Trinajstić information content (AvgIpc) is 2.75. The Morgan fingerprint density at radius 2 is 1.80 bits per heavy atom. The van der Waals surface area contributed by atoms with E-state index in [9.17, 15) is 4.79 Å². The smallest absolute Gasteiger partial charge is 0.160 e. The van der Waals surface area contributed by atoms with Crippen molar-refractivity contribution in [2.24, 2.45) is 10.8 Å². The predicted octanol–water partition coefficient (Wildman–Crippen LogP) is 3.32. The molecule has 1 atom stereocenters. The number of Topliss-reactive ketones (excluding diaryl/α,β-unsaturated/α-hetero) is 1. The first-order valence-electron chi connectivity index (χ1n) is 5.52. The maximum Gasteiger partial charge on any atom is 0.160 e. The van der Waals surface area contributed by atoms with Crippen LogP contribution in [0.5, 0.6) is 0 Å². The molecule has 0 spiro atoms. The van der Waals surface area contributed by atoms with Gasteiger partial charge in [0.1, 0.15) is 11.5 Å². The second-order valence-corrected chi connectivity index (χ2v) is 6.35. The summed E-state index contributed by atoms with van der Waals surface area (Å²) in [5, 5.41) is 0. The van der Waals surface area contributed by atoms with Crippen LogP contribution in [0.3, 0.4) is 0 Å². The van der Waals surface area contributed by atoms with Gasteiger partial charge < -0.3 is 4.74 Å². The molecule has 0 aromatic carbocycles. The Hall–Kier alpha value is -0.790. The molecule has 1 heterocycles. The van der Waals surface area contributed by atoms with Gasteiger partial charge in [0.15, 0.2) is 6.10 Å². The lowest BCUT2D eigenvalue weighted by Gasteiger charge is -2.14. The van der Waals surface area contributed by atoms with Gasteiger partial charge in [-0.15, -0.1) is 0 Å². The lowest BCUT2D eigenvalue weighted by Crippen LogP contribution is -2.19. The summed E-state index contributed by atoms with van der Waals surface area (Å²) in [5.41, 5.74) is -0.0974. The highest BCUT2D eigenvalue weighted by molar-refractivity contribution is 5.85. The van der Waals surface area contributed by atoms with E-state index in [4.69, 9.17) is 4.74 Å². The summed E-state index contributed by atoms with van der Waals surface area (Å²) < 4.78 is 5.45. The molecule has 86 valence electrons. The number of allylic oxidation sites excluding steroid dienone is 1. The van der Waals surface area contributed by atoms with Crippen LogP contribution < -0.4 is 0 Å². The number of hydrogen-bond acceptors (Lipinski definition) is 2. The van der Waals surface area contributed by atoms with Crippen molar-refractivity contribution >= 4 is 5.78 Å². The summed E-state index contributed by atoms with van der Waals surface area (Å²) in [5.74, 6) is 1.25. The van der Waals surface area contributed by atoms with Crippen LogP contribution in [0.15, 0.2) is 11.8 Å². The minimum Gasteiger partial charge on any atom is -0.483 e. The normalized spacial score (nSPS) is 23.9. The summed E-state index contributed by atoms with van der Waals surface area (Å²) in [6, 6.07) is 0. The second-order valence-electron chi connectivity index (χ2n) is 6.35. The number of carbonyl (C=O) groups excluding carboxylic acids is 1. The van der Waals surface area contributed by atoms with Crippen LogP contribution in [0.25, 0.3) is 0 Å². The van der Waals surface area contributed by atoms with Gasteiger partial charge in [-0.2, -0.15) is 0 Å². The minimum absolute atomic E-state index is 0.149. The van der Waals surface area contributed by atoms with E-state index in [0.717, 1.165) is 5.76 Å². The molecule has 1 aliphatic rings. The van der Waals surface area contributed by atoms with Gasteiger partial charge in [-0.3, -0.25) is 4.79 Å². The van der Waals surface area contributed by atoms with E-state index < -0.39 is 0 Å². The molecular formula is C13H22O2. The molecule has 0 saturated carbocycles.